The largest absolute Gasteiger partial charge is 0.396 e. The molecule has 0 aromatic heterocycles. The lowest BCUT2D eigenvalue weighted by Crippen LogP contribution is -2.40. The summed E-state index contributed by atoms with van der Waals surface area (Å²) in [6.07, 6.45) is 3.91. The minimum atomic E-state index is -1.22. The molecule has 2 atom stereocenters. The van der Waals surface area contributed by atoms with Crippen molar-refractivity contribution >= 4 is 17.5 Å². The average molecular weight is 296 g/mol. The van der Waals surface area contributed by atoms with Crippen LogP contribution in [0.1, 0.15) is 6.42 Å². The zero-order valence-electron chi connectivity index (χ0n) is 11.0. The minimum absolute atomic E-state index is 0.0381. The standard InChI is InChI=1S/C14H14F2N2O3/c15-10-2-1-3-11(12(10)16)18-14(21)13(20)17-9-5-4-8(6-9)7-19/h1-5,8-9,19H,6-7H2,(H,17,20)(H,18,21)/t8-,9+/m0/s1. The van der Waals surface area contributed by atoms with E-state index in [1.807, 2.05) is 5.32 Å². The minimum Gasteiger partial charge on any atom is -0.396 e. The lowest BCUT2D eigenvalue weighted by molar-refractivity contribution is -0.136. The van der Waals surface area contributed by atoms with E-state index < -0.39 is 29.1 Å². The Morgan fingerprint density at radius 1 is 1.24 bits per heavy atom. The third-order valence-electron chi connectivity index (χ3n) is 3.13. The predicted octanol–water partition coefficient (Wildman–Crippen LogP) is 0.956. The molecule has 0 spiro atoms. The van der Waals surface area contributed by atoms with Gasteiger partial charge in [0.2, 0.25) is 0 Å². The van der Waals surface area contributed by atoms with Gasteiger partial charge >= 0.3 is 11.8 Å². The molecule has 0 saturated heterocycles. The second-order valence-corrected chi connectivity index (χ2v) is 4.70. The Morgan fingerprint density at radius 2 is 2.00 bits per heavy atom. The Bertz CT molecular complexity index is 590. The highest BCUT2D eigenvalue weighted by molar-refractivity contribution is 6.39. The van der Waals surface area contributed by atoms with Gasteiger partial charge in [-0.3, -0.25) is 9.59 Å². The monoisotopic (exact) mass is 296 g/mol. The molecule has 0 radical (unpaired) electrons. The van der Waals surface area contributed by atoms with Gasteiger partial charge in [-0.15, -0.1) is 0 Å². The lowest BCUT2D eigenvalue weighted by Gasteiger charge is -2.12. The molecule has 1 aliphatic rings. The third kappa shape index (κ3) is 3.63. The Morgan fingerprint density at radius 3 is 2.67 bits per heavy atom. The van der Waals surface area contributed by atoms with Gasteiger partial charge in [-0.05, 0) is 18.6 Å². The van der Waals surface area contributed by atoms with Gasteiger partial charge in [0, 0.05) is 18.6 Å². The normalized spacial score (nSPS) is 20.3. The second-order valence-electron chi connectivity index (χ2n) is 4.70. The molecule has 0 bridgehead atoms. The van der Waals surface area contributed by atoms with Crippen molar-refractivity contribution in [3.8, 4) is 0 Å². The van der Waals surface area contributed by atoms with E-state index in [1.54, 1.807) is 12.2 Å². The first-order valence-corrected chi connectivity index (χ1v) is 6.36. The number of benzene rings is 1. The van der Waals surface area contributed by atoms with Gasteiger partial charge in [0.1, 0.15) is 0 Å². The number of nitrogens with one attached hydrogen (secondary N) is 2. The fourth-order valence-corrected chi connectivity index (χ4v) is 2.03. The molecule has 21 heavy (non-hydrogen) atoms. The van der Waals surface area contributed by atoms with Crippen molar-refractivity contribution in [2.24, 2.45) is 5.92 Å². The summed E-state index contributed by atoms with van der Waals surface area (Å²) in [5, 5.41) is 13.4. The number of rotatable bonds is 3. The van der Waals surface area contributed by atoms with E-state index in [0.29, 0.717) is 6.42 Å². The van der Waals surface area contributed by atoms with E-state index in [4.69, 9.17) is 5.11 Å². The van der Waals surface area contributed by atoms with E-state index in [-0.39, 0.29) is 18.6 Å². The van der Waals surface area contributed by atoms with Gasteiger partial charge in [-0.25, -0.2) is 8.78 Å². The molecule has 5 nitrogen and oxygen atoms in total. The summed E-state index contributed by atoms with van der Waals surface area (Å²) in [4.78, 5) is 23.3. The number of carbonyl (C=O) groups is 2. The summed E-state index contributed by atoms with van der Waals surface area (Å²) in [5.41, 5.74) is -0.398. The summed E-state index contributed by atoms with van der Waals surface area (Å²) in [7, 11) is 0. The van der Waals surface area contributed by atoms with Crippen molar-refractivity contribution in [1.29, 1.82) is 0 Å². The van der Waals surface area contributed by atoms with Gasteiger partial charge in [0.25, 0.3) is 0 Å². The van der Waals surface area contributed by atoms with Crippen LogP contribution < -0.4 is 10.6 Å². The fraction of sp³-hybridized carbons (Fsp3) is 0.286. The Kier molecular flexibility index (Phi) is 4.64. The molecular weight excluding hydrogens is 282 g/mol. The van der Waals surface area contributed by atoms with Crippen LogP contribution in [0.3, 0.4) is 0 Å². The first kappa shape index (κ1) is 15.1. The van der Waals surface area contributed by atoms with Crippen molar-refractivity contribution < 1.29 is 23.5 Å². The van der Waals surface area contributed by atoms with Crippen LogP contribution in [-0.2, 0) is 9.59 Å². The average Bonchev–Trinajstić information content (AvgIpc) is 2.91. The molecule has 0 fully saturated rings. The van der Waals surface area contributed by atoms with Gasteiger partial charge in [-0.2, -0.15) is 0 Å². The summed E-state index contributed by atoms with van der Waals surface area (Å²) < 4.78 is 26.3. The molecule has 1 aliphatic carbocycles. The first-order chi connectivity index (χ1) is 10.0. The number of halogens is 2. The number of anilines is 1. The van der Waals surface area contributed by atoms with Crippen molar-refractivity contribution in [3.05, 3.63) is 42.0 Å². The molecule has 0 saturated carbocycles. The zero-order valence-corrected chi connectivity index (χ0v) is 11.0. The van der Waals surface area contributed by atoms with Gasteiger partial charge in [0.15, 0.2) is 11.6 Å². The van der Waals surface area contributed by atoms with E-state index in [2.05, 4.69) is 5.32 Å². The van der Waals surface area contributed by atoms with E-state index >= 15 is 0 Å². The molecular formula is C14H14F2N2O3. The Balaban J connectivity index is 1.93. The maximum absolute atomic E-state index is 13.4. The van der Waals surface area contributed by atoms with E-state index in [0.717, 1.165) is 12.1 Å². The highest BCUT2D eigenvalue weighted by Crippen LogP contribution is 2.18. The van der Waals surface area contributed by atoms with Crippen LogP contribution in [0.15, 0.2) is 30.4 Å². The van der Waals surface area contributed by atoms with Crippen LogP contribution in [0, 0.1) is 17.6 Å². The first-order valence-electron chi connectivity index (χ1n) is 6.36. The van der Waals surface area contributed by atoms with Crippen molar-refractivity contribution in [1.82, 2.24) is 5.32 Å². The van der Waals surface area contributed by atoms with Gasteiger partial charge in [0.05, 0.1) is 5.69 Å². The molecule has 1 aromatic rings. The number of hydrogen-bond donors (Lipinski definition) is 3. The van der Waals surface area contributed by atoms with Crippen LogP contribution >= 0.6 is 0 Å². The molecule has 2 rings (SSSR count). The van der Waals surface area contributed by atoms with Crippen molar-refractivity contribution in [2.45, 2.75) is 12.5 Å². The number of amides is 2. The SMILES string of the molecule is O=C(Nc1cccc(F)c1F)C(=O)N[C@@H]1C=C[C@H](CO)C1. The smallest absolute Gasteiger partial charge is 0.313 e. The second kappa shape index (κ2) is 6.45. The topological polar surface area (TPSA) is 78.4 Å². The Labute approximate surface area is 119 Å². The lowest BCUT2D eigenvalue weighted by atomic mass is 10.1. The van der Waals surface area contributed by atoms with E-state index in [9.17, 15) is 18.4 Å². The number of carbonyl (C=O) groups excluding carboxylic acids is 2. The van der Waals surface area contributed by atoms with Crippen molar-refractivity contribution in [3.63, 3.8) is 0 Å². The molecule has 3 N–H and O–H groups in total. The summed E-state index contributed by atoms with van der Waals surface area (Å²) in [6.45, 7) is -0.0381. The summed E-state index contributed by atoms with van der Waals surface area (Å²) in [6, 6.07) is 2.92. The molecule has 0 unspecified atom stereocenters. The van der Waals surface area contributed by atoms with Gasteiger partial charge < -0.3 is 15.7 Å². The van der Waals surface area contributed by atoms with Crippen LogP contribution in [-0.4, -0.2) is 29.6 Å². The molecule has 1 aromatic carbocycles. The number of aliphatic hydroxyl groups excluding tert-OH is 1. The maximum atomic E-state index is 13.4. The molecule has 7 heteroatoms. The van der Waals surface area contributed by atoms with E-state index in [1.165, 1.54) is 6.07 Å². The summed E-state index contributed by atoms with van der Waals surface area (Å²) in [5.74, 6) is -4.43. The predicted molar refractivity (Wildman–Crippen MR) is 71.3 cm³/mol. The van der Waals surface area contributed by atoms with Crippen LogP contribution in [0.2, 0.25) is 0 Å². The molecule has 0 aliphatic heterocycles. The van der Waals surface area contributed by atoms with Crippen LogP contribution in [0.4, 0.5) is 14.5 Å². The third-order valence-corrected chi connectivity index (χ3v) is 3.13. The van der Waals surface area contributed by atoms with Crippen LogP contribution in [0.5, 0.6) is 0 Å². The molecule has 2 amide bonds. The molecule has 112 valence electrons. The van der Waals surface area contributed by atoms with Gasteiger partial charge in [-0.1, -0.05) is 18.2 Å². The molecule has 0 heterocycles. The quantitative estimate of drug-likeness (QED) is 0.574. The number of hydrogen-bond acceptors (Lipinski definition) is 3. The highest BCUT2D eigenvalue weighted by Gasteiger charge is 2.23. The summed E-state index contributed by atoms with van der Waals surface area (Å²) >= 11 is 0. The zero-order chi connectivity index (χ0) is 15.4. The van der Waals surface area contributed by atoms with Crippen LogP contribution in [0.25, 0.3) is 0 Å². The fourth-order valence-electron chi connectivity index (χ4n) is 2.03. The van der Waals surface area contributed by atoms with Crippen molar-refractivity contribution in [2.75, 3.05) is 11.9 Å². The number of aliphatic hydroxyl groups is 1. The maximum Gasteiger partial charge on any atom is 0.313 e. The highest BCUT2D eigenvalue weighted by atomic mass is 19.2. The Hall–Kier alpha value is -2.28.